The van der Waals surface area contributed by atoms with Crippen LogP contribution in [0.2, 0.25) is 0 Å². The summed E-state index contributed by atoms with van der Waals surface area (Å²) in [7, 11) is 0. The van der Waals surface area contributed by atoms with E-state index in [0.29, 0.717) is 10.0 Å². The van der Waals surface area contributed by atoms with Crippen LogP contribution < -0.4 is 11.5 Å². The Bertz CT molecular complexity index is 343. The molecule has 0 aromatic carbocycles. The molecule has 0 spiro atoms. The Morgan fingerprint density at radius 3 is 2.85 bits per heavy atom. The van der Waals surface area contributed by atoms with Crippen LogP contribution >= 0.6 is 15.9 Å². The molecule has 5 nitrogen and oxygen atoms in total. The van der Waals surface area contributed by atoms with Crippen molar-refractivity contribution in [1.29, 1.82) is 0 Å². The SMILES string of the molecule is Nc1cc([C@@H](N)C(=O)O)c(Br)cn1. The Kier molecular flexibility index (Phi) is 2.84. The fourth-order valence-electron chi connectivity index (χ4n) is 0.843. The summed E-state index contributed by atoms with van der Waals surface area (Å²) in [6.07, 6.45) is 1.42. The van der Waals surface area contributed by atoms with Gasteiger partial charge in [-0.05, 0) is 27.6 Å². The Labute approximate surface area is 82.9 Å². The van der Waals surface area contributed by atoms with E-state index < -0.39 is 12.0 Å². The van der Waals surface area contributed by atoms with Crippen molar-refractivity contribution in [1.82, 2.24) is 4.98 Å². The fraction of sp³-hybridized carbons (Fsp3) is 0.143. The molecule has 5 N–H and O–H groups in total. The summed E-state index contributed by atoms with van der Waals surface area (Å²) < 4.78 is 0.539. The topological polar surface area (TPSA) is 102 Å². The number of hydrogen-bond donors (Lipinski definition) is 3. The van der Waals surface area contributed by atoms with Crippen molar-refractivity contribution in [3.05, 3.63) is 22.3 Å². The molecule has 0 amide bonds. The normalized spacial score (nSPS) is 12.5. The molecule has 1 rings (SSSR count). The molecule has 0 radical (unpaired) electrons. The van der Waals surface area contributed by atoms with Crippen molar-refractivity contribution < 1.29 is 9.90 Å². The second-order valence-corrected chi connectivity index (χ2v) is 3.30. The van der Waals surface area contributed by atoms with Gasteiger partial charge in [-0.3, -0.25) is 4.79 Å². The zero-order valence-corrected chi connectivity index (χ0v) is 8.15. The number of pyridine rings is 1. The van der Waals surface area contributed by atoms with Crippen LogP contribution in [0.1, 0.15) is 11.6 Å². The van der Waals surface area contributed by atoms with Gasteiger partial charge in [0, 0.05) is 10.7 Å². The van der Waals surface area contributed by atoms with Gasteiger partial charge >= 0.3 is 5.97 Å². The third kappa shape index (κ3) is 2.16. The quantitative estimate of drug-likeness (QED) is 0.705. The van der Waals surface area contributed by atoms with Gasteiger partial charge < -0.3 is 16.6 Å². The average Bonchev–Trinajstić information content (AvgIpc) is 2.08. The minimum Gasteiger partial charge on any atom is -0.480 e. The maximum absolute atomic E-state index is 10.6. The molecule has 0 aliphatic carbocycles. The van der Waals surface area contributed by atoms with Crippen molar-refractivity contribution >= 4 is 27.7 Å². The van der Waals surface area contributed by atoms with Gasteiger partial charge in [0.25, 0.3) is 0 Å². The highest BCUT2D eigenvalue weighted by atomic mass is 79.9. The van der Waals surface area contributed by atoms with E-state index in [1.165, 1.54) is 12.3 Å². The number of nitrogens with zero attached hydrogens (tertiary/aromatic N) is 1. The highest BCUT2D eigenvalue weighted by molar-refractivity contribution is 9.10. The van der Waals surface area contributed by atoms with Crippen molar-refractivity contribution in [3.8, 4) is 0 Å². The van der Waals surface area contributed by atoms with Gasteiger partial charge in [-0.2, -0.15) is 0 Å². The van der Waals surface area contributed by atoms with E-state index in [0.717, 1.165) is 0 Å². The summed E-state index contributed by atoms with van der Waals surface area (Å²) in [6.45, 7) is 0. The summed E-state index contributed by atoms with van der Waals surface area (Å²) in [6, 6.07) is 0.350. The van der Waals surface area contributed by atoms with Crippen LogP contribution in [0.15, 0.2) is 16.7 Å². The monoisotopic (exact) mass is 245 g/mol. The van der Waals surface area contributed by atoms with E-state index in [2.05, 4.69) is 20.9 Å². The van der Waals surface area contributed by atoms with Crippen LogP contribution in [0, 0.1) is 0 Å². The lowest BCUT2D eigenvalue weighted by molar-refractivity contribution is -0.138. The predicted octanol–water partition coefficient (Wildman–Crippen LogP) is 0.511. The van der Waals surface area contributed by atoms with Crippen LogP contribution in [-0.4, -0.2) is 16.1 Å². The third-order valence-electron chi connectivity index (χ3n) is 1.51. The molecule has 1 aromatic heterocycles. The first-order valence-electron chi connectivity index (χ1n) is 3.41. The lowest BCUT2D eigenvalue weighted by atomic mass is 10.1. The fourth-order valence-corrected chi connectivity index (χ4v) is 1.31. The first kappa shape index (κ1) is 9.94. The summed E-state index contributed by atoms with van der Waals surface area (Å²) in [5.74, 6) is -0.860. The van der Waals surface area contributed by atoms with Crippen LogP contribution in [0.5, 0.6) is 0 Å². The maximum atomic E-state index is 10.6. The number of aromatic nitrogens is 1. The first-order valence-corrected chi connectivity index (χ1v) is 4.21. The van der Waals surface area contributed by atoms with E-state index in [9.17, 15) is 4.79 Å². The zero-order chi connectivity index (χ0) is 10.0. The van der Waals surface area contributed by atoms with Crippen LogP contribution in [0.25, 0.3) is 0 Å². The molecule has 1 atom stereocenters. The highest BCUT2D eigenvalue weighted by Gasteiger charge is 2.17. The number of halogens is 1. The van der Waals surface area contributed by atoms with Gasteiger partial charge in [0.15, 0.2) is 0 Å². The number of nitrogens with two attached hydrogens (primary N) is 2. The number of aliphatic carboxylic acids is 1. The second kappa shape index (κ2) is 3.71. The van der Waals surface area contributed by atoms with E-state index in [-0.39, 0.29) is 5.82 Å². The largest absolute Gasteiger partial charge is 0.480 e. The molecule has 6 heteroatoms. The summed E-state index contributed by atoms with van der Waals surface area (Å²) in [5, 5.41) is 8.64. The average molecular weight is 246 g/mol. The number of carbonyl (C=O) groups is 1. The number of hydrogen-bond acceptors (Lipinski definition) is 4. The molecule has 0 unspecified atom stereocenters. The van der Waals surface area contributed by atoms with Crippen LogP contribution in [-0.2, 0) is 4.79 Å². The van der Waals surface area contributed by atoms with E-state index >= 15 is 0 Å². The molecule has 1 heterocycles. The number of rotatable bonds is 2. The molecular formula is C7H8BrN3O2. The molecule has 0 aliphatic rings. The van der Waals surface area contributed by atoms with E-state index in [1.54, 1.807) is 0 Å². The van der Waals surface area contributed by atoms with Gasteiger partial charge in [-0.1, -0.05) is 0 Å². The van der Waals surface area contributed by atoms with Gasteiger partial charge in [0.2, 0.25) is 0 Å². The highest BCUT2D eigenvalue weighted by Crippen LogP contribution is 2.22. The minimum atomic E-state index is -1.11. The van der Waals surface area contributed by atoms with Gasteiger partial charge in [-0.25, -0.2) is 4.98 Å². The number of anilines is 1. The van der Waals surface area contributed by atoms with Gasteiger partial charge in [0.05, 0.1) is 0 Å². The Morgan fingerprint density at radius 1 is 1.69 bits per heavy atom. The number of carboxylic acid groups (broad SMARTS) is 1. The number of nitrogen functional groups attached to an aromatic ring is 1. The molecule has 0 fully saturated rings. The molecule has 0 saturated heterocycles. The summed E-state index contributed by atoms with van der Waals surface area (Å²) in [4.78, 5) is 14.3. The van der Waals surface area contributed by atoms with Crippen molar-refractivity contribution in [2.24, 2.45) is 5.73 Å². The summed E-state index contributed by atoms with van der Waals surface area (Å²) >= 11 is 3.14. The predicted molar refractivity (Wildman–Crippen MR) is 50.9 cm³/mol. The molecule has 0 bridgehead atoms. The molecule has 0 aliphatic heterocycles. The molecule has 13 heavy (non-hydrogen) atoms. The lowest BCUT2D eigenvalue weighted by Gasteiger charge is -2.08. The van der Waals surface area contributed by atoms with E-state index in [1.807, 2.05) is 0 Å². The molecule has 70 valence electrons. The smallest absolute Gasteiger partial charge is 0.325 e. The minimum absolute atomic E-state index is 0.245. The first-order chi connectivity index (χ1) is 6.02. The molecule has 1 aromatic rings. The van der Waals surface area contributed by atoms with Crippen LogP contribution in [0.4, 0.5) is 5.82 Å². The van der Waals surface area contributed by atoms with Crippen molar-refractivity contribution in [3.63, 3.8) is 0 Å². The standard InChI is InChI=1S/C7H8BrN3O2/c8-4-2-11-5(9)1-3(4)6(10)7(12)13/h1-2,6H,10H2,(H2,9,11)(H,12,13)/t6-/m1/s1. The van der Waals surface area contributed by atoms with Crippen molar-refractivity contribution in [2.75, 3.05) is 5.73 Å². The third-order valence-corrected chi connectivity index (χ3v) is 2.17. The molecular weight excluding hydrogens is 238 g/mol. The van der Waals surface area contributed by atoms with Gasteiger partial charge in [0.1, 0.15) is 11.9 Å². The van der Waals surface area contributed by atoms with Gasteiger partial charge in [-0.15, -0.1) is 0 Å². The second-order valence-electron chi connectivity index (χ2n) is 2.45. The number of carboxylic acids is 1. The Hall–Kier alpha value is -1.14. The van der Waals surface area contributed by atoms with E-state index in [4.69, 9.17) is 16.6 Å². The molecule has 0 saturated carbocycles. The Morgan fingerprint density at radius 2 is 2.31 bits per heavy atom. The zero-order valence-electron chi connectivity index (χ0n) is 6.57. The van der Waals surface area contributed by atoms with Crippen LogP contribution in [0.3, 0.4) is 0 Å². The summed E-state index contributed by atoms with van der Waals surface area (Å²) in [5.41, 5.74) is 11.2. The maximum Gasteiger partial charge on any atom is 0.325 e. The lowest BCUT2D eigenvalue weighted by Crippen LogP contribution is -2.21. The Balaban J connectivity index is 3.12. The van der Waals surface area contributed by atoms with Crippen molar-refractivity contribution in [2.45, 2.75) is 6.04 Å².